The third kappa shape index (κ3) is 6.15. The quantitative estimate of drug-likeness (QED) is 0.745. The molecule has 0 aromatic rings. The van der Waals surface area contributed by atoms with Gasteiger partial charge in [-0.3, -0.25) is 10.1 Å². The molecule has 4 nitrogen and oxygen atoms in total. The maximum Gasteiger partial charge on any atom is 0.411 e. The first kappa shape index (κ1) is 16.1. The van der Waals surface area contributed by atoms with Crippen LogP contribution in [0.25, 0.3) is 0 Å². The van der Waals surface area contributed by atoms with Gasteiger partial charge in [-0.1, -0.05) is 0 Å². The molecule has 1 aliphatic rings. The van der Waals surface area contributed by atoms with Gasteiger partial charge in [-0.25, -0.2) is 8.78 Å². The number of ether oxygens (including phenoxy) is 1. The highest BCUT2D eigenvalue weighted by Crippen LogP contribution is 2.25. The Kier molecular flexibility index (Phi) is 5.08. The van der Waals surface area contributed by atoms with E-state index < -0.39 is 49.7 Å². The van der Waals surface area contributed by atoms with Gasteiger partial charge in [0.15, 0.2) is 0 Å². The predicted molar refractivity (Wildman–Crippen MR) is 55.8 cm³/mol. The van der Waals surface area contributed by atoms with Crippen LogP contribution in [0.2, 0.25) is 0 Å². The second-order valence-corrected chi connectivity index (χ2v) is 4.53. The van der Waals surface area contributed by atoms with Crippen molar-refractivity contribution < 1.29 is 31.5 Å². The maximum absolute atomic E-state index is 12.8. The highest BCUT2D eigenvalue weighted by Gasteiger charge is 2.42. The van der Waals surface area contributed by atoms with Crippen LogP contribution in [0.3, 0.4) is 0 Å². The van der Waals surface area contributed by atoms with Crippen LogP contribution in [0.15, 0.2) is 0 Å². The minimum absolute atomic E-state index is 0.339. The van der Waals surface area contributed by atoms with Crippen LogP contribution in [0.5, 0.6) is 0 Å². The second-order valence-electron chi connectivity index (χ2n) is 4.53. The van der Waals surface area contributed by atoms with Gasteiger partial charge < -0.3 is 10.1 Å². The number of halogens is 5. The van der Waals surface area contributed by atoms with E-state index in [-0.39, 0.29) is 6.61 Å². The summed E-state index contributed by atoms with van der Waals surface area (Å²) in [6.07, 6.45) is -5.05. The lowest BCUT2D eigenvalue weighted by Crippen LogP contribution is -2.45. The third-order valence-electron chi connectivity index (χ3n) is 2.45. The molecule has 9 heteroatoms. The van der Waals surface area contributed by atoms with Crippen molar-refractivity contribution in [1.82, 2.24) is 10.6 Å². The number of carbonyl (C=O) groups excluding carboxylic acids is 1. The monoisotopic (exact) mass is 290 g/mol. The highest BCUT2D eigenvalue weighted by molar-refractivity contribution is 5.82. The minimum atomic E-state index is -4.43. The molecule has 2 unspecified atom stereocenters. The summed E-state index contributed by atoms with van der Waals surface area (Å²) in [5.41, 5.74) is 0. The van der Waals surface area contributed by atoms with Crippen molar-refractivity contribution in [2.24, 2.45) is 0 Å². The Balaban J connectivity index is 2.25. The Morgan fingerprint density at radius 1 is 1.53 bits per heavy atom. The van der Waals surface area contributed by atoms with Gasteiger partial charge in [-0.2, -0.15) is 13.2 Å². The summed E-state index contributed by atoms with van der Waals surface area (Å²) in [5, 5.41) is 4.67. The van der Waals surface area contributed by atoms with Crippen molar-refractivity contribution in [3.05, 3.63) is 0 Å². The molecule has 1 fully saturated rings. The molecule has 0 saturated carbocycles. The van der Waals surface area contributed by atoms with Crippen LogP contribution in [0.4, 0.5) is 22.0 Å². The van der Waals surface area contributed by atoms with Crippen LogP contribution in [-0.4, -0.2) is 49.8 Å². The average molecular weight is 290 g/mol. The molecule has 19 heavy (non-hydrogen) atoms. The summed E-state index contributed by atoms with van der Waals surface area (Å²) in [6, 6.07) is -1.72. The normalized spacial score (nSPS) is 24.2. The molecule has 1 heterocycles. The molecule has 1 aliphatic heterocycles. The maximum atomic E-state index is 12.8. The van der Waals surface area contributed by atoms with E-state index in [9.17, 15) is 26.7 Å². The standard InChI is InChI=1S/C10H15F5N2O2/c1-6(3-19-5-10(13,14)15)17-8(18)7-2-9(11,12)4-16-7/h6-7,16H,2-5H2,1H3,(H,17,18). The fourth-order valence-corrected chi connectivity index (χ4v) is 1.64. The molecule has 1 saturated heterocycles. The van der Waals surface area contributed by atoms with Crippen LogP contribution >= 0.6 is 0 Å². The van der Waals surface area contributed by atoms with Crippen LogP contribution < -0.4 is 10.6 Å². The molecule has 0 aromatic carbocycles. The van der Waals surface area contributed by atoms with E-state index >= 15 is 0 Å². The van der Waals surface area contributed by atoms with E-state index in [4.69, 9.17) is 0 Å². The highest BCUT2D eigenvalue weighted by atomic mass is 19.4. The largest absolute Gasteiger partial charge is 0.411 e. The molecule has 2 N–H and O–H groups in total. The number of amides is 1. The molecule has 0 radical (unpaired) electrons. The van der Waals surface area contributed by atoms with E-state index in [1.54, 1.807) is 0 Å². The first-order valence-electron chi connectivity index (χ1n) is 5.65. The van der Waals surface area contributed by atoms with Gasteiger partial charge in [-0.15, -0.1) is 0 Å². The van der Waals surface area contributed by atoms with Crippen molar-refractivity contribution in [3.63, 3.8) is 0 Å². The van der Waals surface area contributed by atoms with Gasteiger partial charge in [0.2, 0.25) is 5.91 Å². The number of carbonyl (C=O) groups is 1. The second kappa shape index (κ2) is 6.00. The first-order valence-corrected chi connectivity index (χ1v) is 5.65. The summed E-state index contributed by atoms with van der Waals surface area (Å²) < 4.78 is 65.4. The van der Waals surface area contributed by atoms with E-state index in [1.807, 2.05) is 0 Å². The number of hydrogen-bond donors (Lipinski definition) is 2. The van der Waals surface area contributed by atoms with E-state index in [2.05, 4.69) is 15.4 Å². The Hall–Kier alpha value is -0.960. The lowest BCUT2D eigenvalue weighted by Gasteiger charge is -2.17. The van der Waals surface area contributed by atoms with Gasteiger partial charge >= 0.3 is 6.18 Å². The smallest absolute Gasteiger partial charge is 0.370 e. The predicted octanol–water partition coefficient (Wildman–Crippen LogP) is 1.07. The van der Waals surface area contributed by atoms with Crippen LogP contribution in [-0.2, 0) is 9.53 Å². The van der Waals surface area contributed by atoms with Crippen LogP contribution in [0.1, 0.15) is 13.3 Å². The summed E-state index contributed by atoms with van der Waals surface area (Å²) in [7, 11) is 0. The Labute approximate surface area is 106 Å². The Morgan fingerprint density at radius 3 is 2.63 bits per heavy atom. The van der Waals surface area contributed by atoms with Gasteiger partial charge in [0.1, 0.15) is 6.61 Å². The molecular weight excluding hydrogens is 275 g/mol. The minimum Gasteiger partial charge on any atom is -0.370 e. The van der Waals surface area contributed by atoms with Crippen molar-refractivity contribution in [2.75, 3.05) is 19.8 Å². The lowest BCUT2D eigenvalue weighted by atomic mass is 10.1. The summed E-state index contributed by atoms with van der Waals surface area (Å²) in [6.45, 7) is -0.896. The molecule has 0 bridgehead atoms. The zero-order chi connectivity index (χ0) is 14.7. The molecule has 0 aromatic heterocycles. The van der Waals surface area contributed by atoms with Crippen molar-refractivity contribution >= 4 is 5.91 Å². The number of rotatable bonds is 5. The number of alkyl halides is 5. The molecular formula is C10H15F5N2O2. The molecule has 2 atom stereocenters. The SMILES string of the molecule is CC(COCC(F)(F)F)NC(=O)C1CC(F)(F)CN1. The van der Waals surface area contributed by atoms with Gasteiger partial charge in [0.25, 0.3) is 5.92 Å². The van der Waals surface area contributed by atoms with Crippen molar-refractivity contribution in [1.29, 1.82) is 0 Å². The number of nitrogens with one attached hydrogen (secondary N) is 2. The van der Waals surface area contributed by atoms with Crippen molar-refractivity contribution in [2.45, 2.75) is 37.5 Å². The van der Waals surface area contributed by atoms with Gasteiger partial charge in [0, 0.05) is 12.5 Å². The third-order valence-corrected chi connectivity index (χ3v) is 2.45. The topological polar surface area (TPSA) is 50.4 Å². The zero-order valence-corrected chi connectivity index (χ0v) is 10.2. The average Bonchev–Trinajstić information content (AvgIpc) is 2.56. The van der Waals surface area contributed by atoms with Crippen molar-refractivity contribution in [3.8, 4) is 0 Å². The molecule has 1 rings (SSSR count). The van der Waals surface area contributed by atoms with Crippen LogP contribution in [0, 0.1) is 0 Å². The molecule has 0 aliphatic carbocycles. The van der Waals surface area contributed by atoms with E-state index in [1.165, 1.54) is 6.92 Å². The van der Waals surface area contributed by atoms with Gasteiger partial charge in [-0.05, 0) is 6.92 Å². The van der Waals surface area contributed by atoms with E-state index in [0.717, 1.165) is 0 Å². The number of hydrogen-bond acceptors (Lipinski definition) is 3. The molecule has 1 amide bonds. The summed E-state index contributed by atoms with van der Waals surface area (Å²) in [4.78, 5) is 11.5. The summed E-state index contributed by atoms with van der Waals surface area (Å²) >= 11 is 0. The Bertz CT molecular complexity index is 322. The molecule has 0 spiro atoms. The fraction of sp³-hybridized carbons (Fsp3) is 0.900. The lowest BCUT2D eigenvalue weighted by molar-refractivity contribution is -0.175. The van der Waals surface area contributed by atoms with E-state index in [0.29, 0.717) is 0 Å². The van der Waals surface area contributed by atoms with Gasteiger partial charge in [0.05, 0.1) is 19.2 Å². The fourth-order valence-electron chi connectivity index (χ4n) is 1.64. The first-order chi connectivity index (χ1) is 8.59. The zero-order valence-electron chi connectivity index (χ0n) is 10.2. The Morgan fingerprint density at radius 2 is 2.16 bits per heavy atom. The molecule has 112 valence electrons. The summed E-state index contributed by atoms with van der Waals surface area (Å²) in [5.74, 6) is -3.60.